The Morgan fingerprint density at radius 2 is 1.50 bits per heavy atom. The Hall–Kier alpha value is -3.50. The summed E-state index contributed by atoms with van der Waals surface area (Å²) in [5.74, 6) is 1.94. The number of rotatable bonds is 9. The Kier molecular flexibility index (Phi) is 8.63. The van der Waals surface area contributed by atoms with Gasteiger partial charge in [-0.1, -0.05) is 28.6 Å². The molecule has 0 N–H and O–H groups in total. The minimum absolute atomic E-state index is 0.103. The fraction of sp³-hybridized carbons (Fsp3) is 0.250. The number of hydrogen-bond donors (Lipinski definition) is 0. The highest BCUT2D eigenvalue weighted by Gasteiger charge is 2.33. The van der Waals surface area contributed by atoms with Gasteiger partial charge in [0.15, 0.2) is 0 Å². The van der Waals surface area contributed by atoms with Crippen LogP contribution in [-0.4, -0.2) is 53.8 Å². The lowest BCUT2D eigenvalue weighted by atomic mass is 10.2. The number of piperazine rings is 1. The van der Waals surface area contributed by atoms with E-state index in [4.69, 9.17) is 13.9 Å². The van der Waals surface area contributed by atoms with Crippen molar-refractivity contribution >= 4 is 37.3 Å². The van der Waals surface area contributed by atoms with Crippen LogP contribution in [0.4, 0.5) is 11.6 Å². The highest BCUT2D eigenvalue weighted by molar-refractivity contribution is 9.11. The molecule has 3 aromatic rings. The molecular formula is C28H30BrN3O5S. The second-order valence-electron chi connectivity index (χ2n) is 8.50. The van der Waals surface area contributed by atoms with Gasteiger partial charge in [-0.2, -0.15) is 4.98 Å². The first-order chi connectivity index (χ1) is 18.3. The molecule has 1 aromatic heterocycles. The molecule has 4 rings (SSSR count). The number of anilines is 2. The molecule has 0 unspecified atom stereocenters. The Morgan fingerprint density at radius 3 is 2.03 bits per heavy atom. The minimum atomic E-state index is -3.99. The van der Waals surface area contributed by atoms with E-state index in [1.54, 1.807) is 51.5 Å². The molecule has 0 saturated carbocycles. The van der Waals surface area contributed by atoms with Crippen molar-refractivity contribution in [2.24, 2.45) is 0 Å². The Morgan fingerprint density at radius 1 is 0.947 bits per heavy atom. The van der Waals surface area contributed by atoms with Gasteiger partial charge in [0.2, 0.25) is 26.6 Å². The van der Waals surface area contributed by atoms with Gasteiger partial charge in [-0.3, -0.25) is 0 Å². The maximum absolute atomic E-state index is 13.8. The molecule has 2 aromatic carbocycles. The van der Waals surface area contributed by atoms with Crippen LogP contribution in [0.1, 0.15) is 6.92 Å². The Balaban J connectivity index is 1.68. The molecule has 38 heavy (non-hydrogen) atoms. The van der Waals surface area contributed by atoms with E-state index in [1.807, 2.05) is 29.2 Å². The maximum atomic E-state index is 13.8. The number of hydrogen-bond acceptors (Lipinski definition) is 8. The normalized spacial score (nSPS) is 14.7. The third-order valence-electron chi connectivity index (χ3n) is 6.20. The second-order valence-corrected chi connectivity index (χ2v) is 11.4. The van der Waals surface area contributed by atoms with E-state index in [0.717, 1.165) is 11.4 Å². The van der Waals surface area contributed by atoms with Crippen molar-refractivity contribution < 1.29 is 22.3 Å². The molecule has 0 amide bonds. The Labute approximate surface area is 231 Å². The van der Waals surface area contributed by atoms with Crippen LogP contribution in [0.15, 0.2) is 92.2 Å². The topological polar surface area (TPSA) is 85.1 Å². The smallest absolute Gasteiger partial charge is 0.236 e. The van der Waals surface area contributed by atoms with Gasteiger partial charge in [-0.05, 0) is 67.6 Å². The van der Waals surface area contributed by atoms with Gasteiger partial charge in [0.1, 0.15) is 11.5 Å². The average molecular weight is 601 g/mol. The summed E-state index contributed by atoms with van der Waals surface area (Å²) < 4.78 is 44.8. The zero-order valence-corrected chi connectivity index (χ0v) is 24.0. The highest BCUT2D eigenvalue weighted by atomic mass is 79.9. The molecule has 1 aliphatic rings. The summed E-state index contributed by atoms with van der Waals surface area (Å²) in [6, 6.07) is 15.0. The second kappa shape index (κ2) is 11.9. The van der Waals surface area contributed by atoms with Gasteiger partial charge >= 0.3 is 0 Å². The quantitative estimate of drug-likeness (QED) is 0.284. The van der Waals surface area contributed by atoms with Gasteiger partial charge in [0.05, 0.1) is 19.1 Å². The van der Waals surface area contributed by atoms with E-state index < -0.39 is 9.84 Å². The molecule has 8 nitrogen and oxygen atoms in total. The first-order valence-electron chi connectivity index (χ1n) is 12.0. The number of sulfone groups is 1. The van der Waals surface area contributed by atoms with Crippen LogP contribution >= 0.6 is 15.9 Å². The molecule has 200 valence electrons. The number of methoxy groups -OCH3 is 2. The summed E-state index contributed by atoms with van der Waals surface area (Å²) in [4.78, 5) is 8.78. The third-order valence-corrected chi connectivity index (χ3v) is 8.23. The molecule has 0 atom stereocenters. The molecule has 0 bridgehead atoms. The fourth-order valence-electron chi connectivity index (χ4n) is 4.12. The molecule has 0 radical (unpaired) electrons. The largest absolute Gasteiger partial charge is 0.497 e. The molecule has 1 fully saturated rings. The van der Waals surface area contributed by atoms with Gasteiger partial charge in [-0.25, -0.2) is 8.42 Å². The molecular weight excluding hydrogens is 570 g/mol. The lowest BCUT2D eigenvalue weighted by Crippen LogP contribution is -2.46. The minimum Gasteiger partial charge on any atom is -0.497 e. The van der Waals surface area contributed by atoms with Crippen LogP contribution in [0.25, 0.3) is 11.5 Å². The van der Waals surface area contributed by atoms with E-state index in [-0.39, 0.29) is 21.7 Å². The molecule has 1 aliphatic heterocycles. The van der Waals surface area contributed by atoms with Crippen molar-refractivity contribution in [3.8, 4) is 23.0 Å². The van der Waals surface area contributed by atoms with Gasteiger partial charge in [0, 0.05) is 41.9 Å². The molecule has 2 heterocycles. The van der Waals surface area contributed by atoms with E-state index in [2.05, 4.69) is 32.4 Å². The zero-order chi connectivity index (χ0) is 27.3. The van der Waals surface area contributed by atoms with Crippen molar-refractivity contribution in [1.82, 2.24) is 4.98 Å². The maximum Gasteiger partial charge on any atom is 0.236 e. The van der Waals surface area contributed by atoms with Crippen LogP contribution in [0.2, 0.25) is 0 Å². The number of nitrogens with zero attached hydrogens (tertiary/aromatic N) is 3. The number of allylic oxidation sites excluding steroid dienone is 4. The summed E-state index contributed by atoms with van der Waals surface area (Å²) >= 11 is 3.24. The standard InChI is InChI=1S/C28H30BrN3O5S/c1-5-25(15-6-20(2)29)38(33,34)27-28(37-26(30-27)21-7-11-23(35-3)12-8-21)32-18-16-31(17-19-32)22-9-13-24(36-4)14-10-22/h5-15H,2,16-19H2,1,3-4H3/b15-6-,25-5+. The van der Waals surface area contributed by atoms with Crippen LogP contribution in [0.3, 0.4) is 0 Å². The molecule has 1 saturated heterocycles. The molecule has 0 aliphatic carbocycles. The van der Waals surface area contributed by atoms with Gasteiger partial charge in [-0.15, -0.1) is 0 Å². The first kappa shape index (κ1) is 27.5. The van der Waals surface area contributed by atoms with Crippen LogP contribution in [0.5, 0.6) is 11.5 Å². The first-order valence-corrected chi connectivity index (χ1v) is 14.3. The fourth-order valence-corrected chi connectivity index (χ4v) is 5.63. The van der Waals surface area contributed by atoms with E-state index in [1.165, 1.54) is 12.2 Å². The van der Waals surface area contributed by atoms with Crippen molar-refractivity contribution in [1.29, 1.82) is 0 Å². The zero-order valence-electron chi connectivity index (χ0n) is 21.6. The summed E-state index contributed by atoms with van der Waals surface area (Å²) in [6.07, 6.45) is 4.62. The predicted molar refractivity (Wildman–Crippen MR) is 154 cm³/mol. The monoisotopic (exact) mass is 599 g/mol. The number of ether oxygens (including phenoxy) is 2. The predicted octanol–water partition coefficient (Wildman–Crippen LogP) is 5.83. The summed E-state index contributed by atoms with van der Waals surface area (Å²) in [5.41, 5.74) is 1.72. The van der Waals surface area contributed by atoms with Crippen molar-refractivity contribution in [3.05, 3.63) is 82.7 Å². The van der Waals surface area contributed by atoms with Crippen LogP contribution in [0, 0.1) is 0 Å². The van der Waals surface area contributed by atoms with Crippen LogP contribution in [-0.2, 0) is 9.84 Å². The number of oxazole rings is 1. The number of aromatic nitrogens is 1. The summed E-state index contributed by atoms with van der Waals surface area (Å²) in [6.45, 7) is 7.91. The van der Waals surface area contributed by atoms with Crippen LogP contribution < -0.4 is 19.3 Å². The lowest BCUT2D eigenvalue weighted by Gasteiger charge is -2.36. The summed E-state index contributed by atoms with van der Waals surface area (Å²) in [5, 5.41) is -0.112. The van der Waals surface area contributed by atoms with Crippen molar-refractivity contribution in [2.75, 3.05) is 50.2 Å². The van der Waals surface area contributed by atoms with Gasteiger partial charge in [0.25, 0.3) is 0 Å². The van der Waals surface area contributed by atoms with Crippen molar-refractivity contribution in [2.45, 2.75) is 11.9 Å². The number of halogens is 1. The van der Waals surface area contributed by atoms with E-state index in [9.17, 15) is 8.42 Å². The third kappa shape index (κ3) is 5.97. The average Bonchev–Trinajstić information content (AvgIpc) is 3.40. The van der Waals surface area contributed by atoms with Crippen molar-refractivity contribution in [3.63, 3.8) is 0 Å². The van der Waals surface area contributed by atoms with E-state index in [0.29, 0.717) is 42.0 Å². The summed E-state index contributed by atoms with van der Waals surface area (Å²) in [7, 11) is -0.760. The molecule has 0 spiro atoms. The lowest BCUT2D eigenvalue weighted by molar-refractivity contribution is 0.414. The van der Waals surface area contributed by atoms with E-state index >= 15 is 0 Å². The Bertz CT molecular complexity index is 1440. The molecule has 10 heteroatoms. The highest BCUT2D eigenvalue weighted by Crippen LogP contribution is 2.36. The van der Waals surface area contributed by atoms with Gasteiger partial charge < -0.3 is 23.7 Å². The number of benzene rings is 2. The SMILES string of the molecule is C=C(Br)/C=C\C(=C/C)S(=O)(=O)c1nc(-c2ccc(OC)cc2)oc1N1CCN(c2ccc(OC)cc2)CC1.